The van der Waals surface area contributed by atoms with Crippen LogP contribution in [-0.4, -0.2) is 26.8 Å². The molecule has 1 aliphatic carbocycles. The molecule has 0 aliphatic heterocycles. The molecule has 1 aromatic heterocycles. The highest BCUT2D eigenvalue weighted by atomic mass is 16.6. The lowest BCUT2D eigenvalue weighted by molar-refractivity contribution is -0.385. The number of benzene rings is 2. The number of aliphatic hydroxyl groups excluding tert-OH is 1. The fourth-order valence-corrected chi connectivity index (χ4v) is 3.36. The van der Waals surface area contributed by atoms with E-state index in [4.69, 9.17) is 9.26 Å². The quantitative estimate of drug-likeness (QED) is 0.540. The molecule has 4 rings (SSSR count). The number of hydrogen-bond donors (Lipinski definition) is 1. The van der Waals surface area contributed by atoms with Crippen LogP contribution >= 0.6 is 0 Å². The third-order valence-electron chi connectivity index (χ3n) is 4.61. The van der Waals surface area contributed by atoms with Gasteiger partial charge in [-0.3, -0.25) is 10.1 Å². The highest BCUT2D eigenvalue weighted by Crippen LogP contribution is 2.37. The van der Waals surface area contributed by atoms with Crippen LogP contribution in [0.5, 0.6) is 5.75 Å². The van der Waals surface area contributed by atoms with E-state index in [1.165, 1.54) is 12.1 Å². The van der Waals surface area contributed by atoms with Crippen molar-refractivity contribution in [3.8, 4) is 28.6 Å². The van der Waals surface area contributed by atoms with Gasteiger partial charge in [0.05, 0.1) is 17.6 Å². The molecule has 1 N–H and O–H groups in total. The van der Waals surface area contributed by atoms with E-state index >= 15 is 0 Å². The van der Waals surface area contributed by atoms with Crippen molar-refractivity contribution in [2.24, 2.45) is 0 Å². The lowest BCUT2D eigenvalue weighted by Crippen LogP contribution is -1.97. The highest BCUT2D eigenvalue weighted by molar-refractivity contribution is 5.67. The van der Waals surface area contributed by atoms with Crippen LogP contribution in [0.4, 0.5) is 5.69 Å². The second-order valence-corrected chi connectivity index (χ2v) is 6.22. The van der Waals surface area contributed by atoms with Gasteiger partial charge in [0.1, 0.15) is 0 Å². The van der Waals surface area contributed by atoms with Crippen molar-refractivity contribution >= 4 is 5.69 Å². The first-order chi connectivity index (χ1) is 13.1. The van der Waals surface area contributed by atoms with Gasteiger partial charge in [0, 0.05) is 17.2 Å². The van der Waals surface area contributed by atoms with Gasteiger partial charge in [-0.1, -0.05) is 23.4 Å². The highest BCUT2D eigenvalue weighted by Gasteiger charge is 2.25. The Labute approximate surface area is 154 Å². The molecule has 8 nitrogen and oxygen atoms in total. The fraction of sp³-hybridized carbons (Fsp3) is 0.263. The van der Waals surface area contributed by atoms with Crippen LogP contribution in [0.2, 0.25) is 0 Å². The maximum atomic E-state index is 11.3. The zero-order chi connectivity index (χ0) is 19.0. The second kappa shape index (κ2) is 6.81. The van der Waals surface area contributed by atoms with E-state index in [1.807, 2.05) is 18.2 Å². The SMILES string of the molecule is CCOc1ccc(-c2nc(-c3cccc4c3CC[C@H]4O)no2)cc1[N+](=O)[O-]. The van der Waals surface area contributed by atoms with Crippen LogP contribution in [0, 0.1) is 10.1 Å². The normalized spacial score (nSPS) is 15.6. The molecule has 0 unspecified atom stereocenters. The van der Waals surface area contributed by atoms with E-state index in [2.05, 4.69) is 10.1 Å². The second-order valence-electron chi connectivity index (χ2n) is 6.22. The Morgan fingerprint density at radius 3 is 3.00 bits per heavy atom. The third-order valence-corrected chi connectivity index (χ3v) is 4.61. The molecule has 3 aromatic rings. The van der Waals surface area contributed by atoms with Crippen molar-refractivity contribution in [3.05, 3.63) is 57.6 Å². The van der Waals surface area contributed by atoms with E-state index in [-0.39, 0.29) is 17.3 Å². The standard InChI is InChI=1S/C19H17N3O5/c1-2-26-17-9-6-11(10-15(17)22(24)25)19-20-18(21-27-19)14-5-3-4-13-12(14)7-8-16(13)23/h3-6,9-10,16,23H,2,7-8H2,1H3/t16-/m1/s1. The maximum absolute atomic E-state index is 11.3. The number of hydrogen-bond acceptors (Lipinski definition) is 7. The Kier molecular flexibility index (Phi) is 4.33. The average Bonchev–Trinajstić information content (AvgIpc) is 3.30. The molecule has 1 atom stereocenters. The lowest BCUT2D eigenvalue weighted by Gasteiger charge is -2.06. The number of nitro benzene ring substituents is 1. The summed E-state index contributed by atoms with van der Waals surface area (Å²) in [5.74, 6) is 0.778. The average molecular weight is 367 g/mol. The molecule has 1 aliphatic rings. The summed E-state index contributed by atoms with van der Waals surface area (Å²) < 4.78 is 10.6. The molecule has 27 heavy (non-hydrogen) atoms. The van der Waals surface area contributed by atoms with E-state index in [9.17, 15) is 15.2 Å². The van der Waals surface area contributed by atoms with Crippen LogP contribution < -0.4 is 4.74 Å². The van der Waals surface area contributed by atoms with Gasteiger partial charge < -0.3 is 14.4 Å². The first-order valence-corrected chi connectivity index (χ1v) is 8.64. The molecule has 8 heteroatoms. The van der Waals surface area contributed by atoms with E-state index in [1.54, 1.807) is 13.0 Å². The van der Waals surface area contributed by atoms with E-state index in [0.717, 1.165) is 23.1 Å². The minimum atomic E-state index is -0.503. The first kappa shape index (κ1) is 17.2. The zero-order valence-electron chi connectivity index (χ0n) is 14.6. The molecule has 0 amide bonds. The molecule has 2 aromatic carbocycles. The van der Waals surface area contributed by atoms with Crippen LogP contribution in [0.15, 0.2) is 40.9 Å². The molecular formula is C19H17N3O5. The third kappa shape index (κ3) is 3.04. The lowest BCUT2D eigenvalue weighted by atomic mass is 10.0. The van der Waals surface area contributed by atoms with Gasteiger partial charge in [0.2, 0.25) is 5.82 Å². The molecule has 0 bridgehead atoms. The van der Waals surface area contributed by atoms with Gasteiger partial charge in [0.25, 0.3) is 5.89 Å². The van der Waals surface area contributed by atoms with Gasteiger partial charge in [0.15, 0.2) is 5.75 Å². The number of ether oxygens (including phenoxy) is 1. The van der Waals surface area contributed by atoms with Crippen molar-refractivity contribution in [2.45, 2.75) is 25.9 Å². The Balaban J connectivity index is 1.72. The summed E-state index contributed by atoms with van der Waals surface area (Å²) in [6.45, 7) is 2.09. The van der Waals surface area contributed by atoms with Gasteiger partial charge in [-0.25, -0.2) is 0 Å². The predicted octanol–water partition coefficient (Wildman–Crippen LogP) is 3.69. The molecule has 0 fully saturated rings. The summed E-state index contributed by atoms with van der Waals surface area (Å²) in [6, 6.07) is 10.2. The number of aromatic nitrogens is 2. The largest absolute Gasteiger partial charge is 0.487 e. The van der Waals surface area contributed by atoms with E-state index in [0.29, 0.717) is 24.4 Å². The molecular weight excluding hydrogens is 350 g/mol. The van der Waals surface area contributed by atoms with Crippen LogP contribution in [0.1, 0.15) is 30.6 Å². The van der Waals surface area contributed by atoms with Gasteiger partial charge >= 0.3 is 5.69 Å². The van der Waals surface area contributed by atoms with Crippen LogP contribution in [0.3, 0.4) is 0 Å². The Morgan fingerprint density at radius 1 is 1.37 bits per heavy atom. The van der Waals surface area contributed by atoms with E-state index < -0.39 is 11.0 Å². The summed E-state index contributed by atoms with van der Waals surface area (Å²) in [5.41, 5.74) is 2.99. The van der Waals surface area contributed by atoms with Crippen LogP contribution in [0.25, 0.3) is 22.8 Å². The maximum Gasteiger partial charge on any atom is 0.311 e. The molecule has 0 spiro atoms. The van der Waals surface area contributed by atoms with Crippen molar-refractivity contribution in [1.82, 2.24) is 10.1 Å². The molecule has 0 saturated carbocycles. The fourth-order valence-electron chi connectivity index (χ4n) is 3.36. The number of aliphatic hydroxyl groups is 1. The first-order valence-electron chi connectivity index (χ1n) is 8.64. The Bertz CT molecular complexity index is 1010. The molecule has 0 saturated heterocycles. The molecule has 138 valence electrons. The summed E-state index contributed by atoms with van der Waals surface area (Å²) in [6.07, 6.45) is 0.938. The van der Waals surface area contributed by atoms with Crippen molar-refractivity contribution < 1.29 is 19.3 Å². The monoisotopic (exact) mass is 367 g/mol. The number of nitrogens with zero attached hydrogens (tertiary/aromatic N) is 3. The predicted molar refractivity (Wildman–Crippen MR) is 96.3 cm³/mol. The Morgan fingerprint density at radius 2 is 2.22 bits per heavy atom. The Hall–Kier alpha value is -3.26. The van der Waals surface area contributed by atoms with Gasteiger partial charge in [-0.2, -0.15) is 4.98 Å². The summed E-state index contributed by atoms with van der Waals surface area (Å²) >= 11 is 0. The summed E-state index contributed by atoms with van der Waals surface area (Å²) in [5, 5.41) is 25.4. The van der Waals surface area contributed by atoms with Crippen molar-refractivity contribution in [2.75, 3.05) is 6.61 Å². The zero-order valence-corrected chi connectivity index (χ0v) is 14.6. The smallest absolute Gasteiger partial charge is 0.311 e. The van der Waals surface area contributed by atoms with Gasteiger partial charge in [-0.15, -0.1) is 0 Å². The summed E-state index contributed by atoms with van der Waals surface area (Å²) in [7, 11) is 0. The topological polar surface area (TPSA) is 112 Å². The summed E-state index contributed by atoms with van der Waals surface area (Å²) in [4.78, 5) is 15.2. The minimum Gasteiger partial charge on any atom is -0.487 e. The molecule has 1 heterocycles. The van der Waals surface area contributed by atoms with Crippen molar-refractivity contribution in [3.63, 3.8) is 0 Å². The van der Waals surface area contributed by atoms with Crippen LogP contribution in [-0.2, 0) is 6.42 Å². The van der Waals surface area contributed by atoms with Crippen molar-refractivity contribution in [1.29, 1.82) is 0 Å². The minimum absolute atomic E-state index is 0.155. The number of rotatable bonds is 5. The van der Waals surface area contributed by atoms with Gasteiger partial charge in [-0.05, 0) is 43.0 Å². The number of nitro groups is 1. The molecule has 0 radical (unpaired) electrons. The number of fused-ring (bicyclic) bond motifs is 1.